The minimum absolute atomic E-state index is 0.195. The minimum Gasteiger partial charge on any atom is -0.380 e. The minimum atomic E-state index is -0.195. The SMILES string of the molecule is COCc1cc(-c2ccc(CP)cc2)ccc1-c1ccc(CP)cc1F. The fourth-order valence-corrected chi connectivity index (χ4v) is 3.57. The second-order valence-electron chi connectivity index (χ2n) is 6.22. The van der Waals surface area contributed by atoms with E-state index in [1.54, 1.807) is 13.2 Å². The Morgan fingerprint density at radius 2 is 1.38 bits per heavy atom. The molecule has 0 aliphatic heterocycles. The number of methoxy groups -OCH3 is 1. The van der Waals surface area contributed by atoms with Gasteiger partial charge in [-0.1, -0.05) is 48.5 Å². The van der Waals surface area contributed by atoms with Crippen LogP contribution in [0.2, 0.25) is 0 Å². The van der Waals surface area contributed by atoms with E-state index < -0.39 is 0 Å². The van der Waals surface area contributed by atoms with Gasteiger partial charge in [-0.05, 0) is 57.8 Å². The largest absolute Gasteiger partial charge is 0.380 e. The third kappa shape index (κ3) is 4.21. The van der Waals surface area contributed by atoms with E-state index in [4.69, 9.17) is 4.74 Å². The first-order valence-electron chi connectivity index (χ1n) is 8.56. The Labute approximate surface area is 159 Å². The van der Waals surface area contributed by atoms with Gasteiger partial charge in [-0.25, -0.2) is 4.39 Å². The fraction of sp³-hybridized carbons (Fsp3) is 0.182. The Bertz CT molecular complexity index is 891. The molecular weight excluding hydrogens is 361 g/mol. The van der Waals surface area contributed by atoms with Gasteiger partial charge >= 0.3 is 0 Å². The monoisotopic (exact) mass is 384 g/mol. The molecule has 3 aromatic rings. The molecule has 26 heavy (non-hydrogen) atoms. The summed E-state index contributed by atoms with van der Waals surface area (Å²) in [6.45, 7) is 0.442. The summed E-state index contributed by atoms with van der Waals surface area (Å²) in [5, 5.41) is 0. The van der Waals surface area contributed by atoms with E-state index in [1.807, 2.05) is 24.3 Å². The average Bonchev–Trinajstić information content (AvgIpc) is 2.68. The van der Waals surface area contributed by atoms with E-state index >= 15 is 0 Å². The molecule has 0 aromatic heterocycles. The van der Waals surface area contributed by atoms with Crippen LogP contribution in [0, 0.1) is 5.82 Å². The van der Waals surface area contributed by atoms with Crippen LogP contribution in [-0.4, -0.2) is 7.11 Å². The summed E-state index contributed by atoms with van der Waals surface area (Å²) >= 11 is 0. The van der Waals surface area contributed by atoms with Crippen molar-refractivity contribution in [3.05, 3.63) is 83.2 Å². The maximum Gasteiger partial charge on any atom is 0.131 e. The molecule has 4 heteroatoms. The summed E-state index contributed by atoms with van der Waals surface area (Å²) in [6.07, 6.45) is 1.69. The molecule has 0 saturated heterocycles. The summed E-state index contributed by atoms with van der Waals surface area (Å²) in [6, 6.07) is 20.1. The van der Waals surface area contributed by atoms with Gasteiger partial charge in [0.25, 0.3) is 0 Å². The maximum atomic E-state index is 14.6. The van der Waals surface area contributed by atoms with Crippen LogP contribution in [0.1, 0.15) is 16.7 Å². The molecule has 0 spiro atoms. The summed E-state index contributed by atoms with van der Waals surface area (Å²) in [5.74, 6) is -0.195. The first-order chi connectivity index (χ1) is 12.7. The quantitative estimate of drug-likeness (QED) is 0.470. The van der Waals surface area contributed by atoms with Crippen molar-refractivity contribution in [2.75, 3.05) is 7.11 Å². The van der Waals surface area contributed by atoms with E-state index in [1.165, 1.54) is 5.56 Å². The van der Waals surface area contributed by atoms with E-state index in [9.17, 15) is 4.39 Å². The Kier molecular flexibility index (Phi) is 6.54. The first kappa shape index (κ1) is 19.2. The highest BCUT2D eigenvalue weighted by molar-refractivity contribution is 7.15. The standard InChI is InChI=1S/C22H23FOP2/c1-24-12-19-11-18(17-5-2-15(13-25)3-6-17)7-9-20(19)21-8-4-16(14-26)10-22(21)23/h2-11H,12-14,25-26H2,1H3. The molecule has 3 rings (SSSR count). The lowest BCUT2D eigenvalue weighted by Crippen LogP contribution is -1.96. The highest BCUT2D eigenvalue weighted by Crippen LogP contribution is 2.32. The smallest absolute Gasteiger partial charge is 0.131 e. The summed E-state index contributed by atoms with van der Waals surface area (Å²) in [4.78, 5) is 0. The van der Waals surface area contributed by atoms with Crippen molar-refractivity contribution in [3.8, 4) is 22.3 Å². The Morgan fingerprint density at radius 1 is 0.769 bits per heavy atom. The Hall–Kier alpha value is -1.59. The predicted octanol–water partition coefficient (Wildman–Crippen LogP) is 6.06. The number of ether oxygens (including phenoxy) is 1. The van der Waals surface area contributed by atoms with Crippen LogP contribution in [0.3, 0.4) is 0 Å². The van der Waals surface area contributed by atoms with Gasteiger partial charge in [0.2, 0.25) is 0 Å². The predicted molar refractivity (Wildman–Crippen MR) is 115 cm³/mol. The lowest BCUT2D eigenvalue weighted by atomic mass is 9.94. The van der Waals surface area contributed by atoms with Crippen molar-refractivity contribution in [1.29, 1.82) is 0 Å². The summed E-state index contributed by atoms with van der Waals surface area (Å²) in [7, 11) is 7.03. The maximum absolute atomic E-state index is 14.6. The Balaban J connectivity index is 2.04. The van der Waals surface area contributed by atoms with Gasteiger partial charge in [0, 0.05) is 12.7 Å². The van der Waals surface area contributed by atoms with Crippen LogP contribution in [-0.2, 0) is 23.7 Å². The molecule has 1 nitrogen and oxygen atoms in total. The molecule has 0 aliphatic rings. The molecule has 0 bridgehead atoms. The van der Waals surface area contributed by atoms with Crippen molar-refractivity contribution in [2.45, 2.75) is 18.9 Å². The van der Waals surface area contributed by atoms with Crippen molar-refractivity contribution in [1.82, 2.24) is 0 Å². The van der Waals surface area contributed by atoms with Crippen LogP contribution >= 0.6 is 18.5 Å². The molecule has 0 fully saturated rings. The molecule has 0 N–H and O–H groups in total. The second-order valence-corrected chi connectivity index (χ2v) is 7.04. The van der Waals surface area contributed by atoms with Gasteiger partial charge in [-0.15, -0.1) is 18.5 Å². The first-order valence-corrected chi connectivity index (χ1v) is 10.2. The summed E-state index contributed by atoms with van der Waals surface area (Å²) < 4.78 is 20.0. The lowest BCUT2D eigenvalue weighted by molar-refractivity contribution is 0.185. The molecule has 3 aromatic carbocycles. The topological polar surface area (TPSA) is 9.23 Å². The van der Waals surface area contributed by atoms with E-state index in [0.29, 0.717) is 12.2 Å². The zero-order valence-corrected chi connectivity index (χ0v) is 17.1. The molecule has 0 aliphatic carbocycles. The van der Waals surface area contributed by atoms with Gasteiger partial charge in [0.15, 0.2) is 0 Å². The molecular formula is C22H23FOP2. The highest BCUT2D eigenvalue weighted by Gasteiger charge is 2.12. The molecule has 2 atom stereocenters. The molecule has 2 unspecified atom stereocenters. The number of halogens is 1. The van der Waals surface area contributed by atoms with E-state index in [0.717, 1.165) is 40.1 Å². The van der Waals surface area contributed by atoms with Gasteiger partial charge in [-0.3, -0.25) is 0 Å². The van der Waals surface area contributed by atoms with Crippen LogP contribution < -0.4 is 0 Å². The molecule has 0 saturated carbocycles. The normalized spacial score (nSPS) is 10.9. The second kappa shape index (κ2) is 8.87. The number of rotatable bonds is 6. The van der Waals surface area contributed by atoms with Gasteiger partial charge < -0.3 is 4.74 Å². The third-order valence-corrected chi connectivity index (χ3v) is 5.43. The van der Waals surface area contributed by atoms with Crippen molar-refractivity contribution < 1.29 is 9.13 Å². The molecule has 134 valence electrons. The van der Waals surface area contributed by atoms with Crippen LogP contribution in [0.5, 0.6) is 0 Å². The van der Waals surface area contributed by atoms with Crippen molar-refractivity contribution in [2.24, 2.45) is 0 Å². The number of hydrogen-bond donors (Lipinski definition) is 0. The molecule has 0 radical (unpaired) electrons. The van der Waals surface area contributed by atoms with E-state index in [-0.39, 0.29) is 5.82 Å². The summed E-state index contributed by atoms with van der Waals surface area (Å²) in [5.41, 5.74) is 6.99. The Morgan fingerprint density at radius 3 is 2.00 bits per heavy atom. The third-order valence-electron chi connectivity index (χ3n) is 4.49. The van der Waals surface area contributed by atoms with Crippen LogP contribution in [0.4, 0.5) is 4.39 Å². The van der Waals surface area contributed by atoms with E-state index in [2.05, 4.69) is 48.8 Å². The zero-order chi connectivity index (χ0) is 18.5. The molecule has 0 heterocycles. The fourth-order valence-electron chi connectivity index (χ4n) is 3.05. The van der Waals surface area contributed by atoms with Crippen molar-refractivity contribution >= 4 is 18.5 Å². The highest BCUT2D eigenvalue weighted by atomic mass is 31.0. The zero-order valence-electron chi connectivity index (χ0n) is 14.8. The number of hydrogen-bond acceptors (Lipinski definition) is 1. The van der Waals surface area contributed by atoms with Crippen LogP contribution in [0.25, 0.3) is 22.3 Å². The average molecular weight is 384 g/mol. The molecule has 0 amide bonds. The lowest BCUT2D eigenvalue weighted by Gasteiger charge is -2.13. The van der Waals surface area contributed by atoms with Gasteiger partial charge in [-0.2, -0.15) is 0 Å². The van der Waals surface area contributed by atoms with Gasteiger partial charge in [0.05, 0.1) is 6.61 Å². The van der Waals surface area contributed by atoms with Crippen molar-refractivity contribution in [3.63, 3.8) is 0 Å². The number of benzene rings is 3. The van der Waals surface area contributed by atoms with Crippen LogP contribution in [0.15, 0.2) is 60.7 Å². The van der Waals surface area contributed by atoms with Gasteiger partial charge in [0.1, 0.15) is 5.82 Å².